The van der Waals surface area contributed by atoms with Gasteiger partial charge in [-0.05, 0) is 25.2 Å². The molecule has 0 spiro atoms. The Kier molecular flexibility index (Phi) is 9.42. The molecular weight excluding hydrogens is 287 g/mol. The Hall–Kier alpha value is -0.310. The van der Waals surface area contributed by atoms with E-state index in [4.69, 9.17) is 11.6 Å². The quantitative estimate of drug-likeness (QED) is 0.231. The molecule has 0 heterocycles. The minimum Gasteiger partial charge on any atom is -0.465 e. The van der Waals surface area contributed by atoms with Crippen molar-refractivity contribution in [1.29, 1.82) is 0 Å². The molecule has 112 valence electrons. The van der Waals surface area contributed by atoms with E-state index in [0.29, 0.717) is 12.3 Å². The zero-order chi connectivity index (χ0) is 14.9. The van der Waals surface area contributed by atoms with Crippen molar-refractivity contribution in [3.63, 3.8) is 0 Å². The van der Waals surface area contributed by atoms with Crippen LogP contribution in [-0.2, 0) is 14.1 Å². The summed E-state index contributed by atoms with van der Waals surface area (Å²) in [5, 5.41) is -0.0745. The van der Waals surface area contributed by atoms with Gasteiger partial charge in [0.1, 0.15) is 5.31 Å². The van der Waals surface area contributed by atoms with Crippen molar-refractivity contribution >= 4 is 24.9 Å². The van der Waals surface area contributed by atoms with E-state index in [9.17, 15) is 14.3 Å². The second-order valence-electron chi connectivity index (χ2n) is 4.90. The second kappa shape index (κ2) is 9.57. The zero-order valence-corrected chi connectivity index (χ0v) is 13.5. The van der Waals surface area contributed by atoms with E-state index >= 15 is 0 Å². The summed E-state index contributed by atoms with van der Waals surface area (Å²) in [4.78, 5) is 21.6. The lowest BCUT2D eigenvalue weighted by Crippen LogP contribution is -2.09. The van der Waals surface area contributed by atoms with Gasteiger partial charge in [-0.2, -0.15) is 0 Å². The fraction of sp³-hybridized carbons (Fsp3) is 0.769. The monoisotopic (exact) mass is 310 g/mol. The van der Waals surface area contributed by atoms with Crippen LogP contribution in [0.2, 0.25) is 0 Å². The number of carbonyl (C=O) groups is 1. The average Bonchev–Trinajstić information content (AvgIpc) is 2.30. The normalized spacial score (nSPS) is 15.4. The summed E-state index contributed by atoms with van der Waals surface area (Å²) in [5.74, 6) is -0.0525. The number of allylic oxidation sites excluding steroid dienone is 1. The van der Waals surface area contributed by atoms with Crippen LogP contribution in [0.3, 0.4) is 0 Å². The van der Waals surface area contributed by atoms with Crippen LogP contribution in [-0.4, -0.2) is 30.0 Å². The highest BCUT2D eigenvalue weighted by Crippen LogP contribution is 2.51. The fourth-order valence-electron chi connectivity index (χ4n) is 1.72. The van der Waals surface area contributed by atoms with Gasteiger partial charge in [0, 0.05) is 12.0 Å². The summed E-state index contributed by atoms with van der Waals surface area (Å²) in [6.07, 6.45) is 4.91. The Morgan fingerprint density at radius 2 is 2.00 bits per heavy atom. The van der Waals surface area contributed by atoms with Crippen molar-refractivity contribution < 1.29 is 19.0 Å². The predicted molar refractivity (Wildman–Crippen MR) is 78.8 cm³/mol. The van der Waals surface area contributed by atoms with Crippen LogP contribution in [0.1, 0.15) is 39.5 Å². The predicted octanol–water partition coefficient (Wildman–Crippen LogP) is 3.77. The molecule has 0 aliphatic carbocycles. The smallest absolute Gasteiger partial charge is 0.343 e. The second-order valence-corrected chi connectivity index (χ2v) is 7.53. The third-order valence-corrected chi connectivity index (χ3v) is 5.17. The van der Waals surface area contributed by atoms with Gasteiger partial charge in [-0.15, -0.1) is 11.6 Å². The van der Waals surface area contributed by atoms with Crippen LogP contribution < -0.4 is 0 Å². The number of hydrogen-bond acceptors (Lipinski definition) is 3. The SMILES string of the molecule is COC(=O)C(=CCCCCCCl)P(=O)(O)CC(C)C. The minimum atomic E-state index is -3.63. The molecule has 0 rings (SSSR count). The van der Waals surface area contributed by atoms with E-state index in [0.717, 1.165) is 19.3 Å². The Labute approximate surface area is 120 Å². The molecular formula is C13H24ClO4P. The topological polar surface area (TPSA) is 63.6 Å². The molecule has 0 aliphatic heterocycles. The molecule has 0 bridgehead atoms. The van der Waals surface area contributed by atoms with Crippen molar-refractivity contribution in [3.8, 4) is 0 Å². The number of halogens is 1. The molecule has 0 aromatic heterocycles. The Balaban J connectivity index is 4.76. The van der Waals surface area contributed by atoms with Gasteiger partial charge in [-0.1, -0.05) is 26.3 Å². The van der Waals surface area contributed by atoms with Crippen LogP contribution in [0.15, 0.2) is 11.4 Å². The Morgan fingerprint density at radius 1 is 1.37 bits per heavy atom. The first-order valence-electron chi connectivity index (χ1n) is 6.52. The molecule has 0 aromatic rings. The highest BCUT2D eigenvalue weighted by molar-refractivity contribution is 7.63. The van der Waals surface area contributed by atoms with Gasteiger partial charge >= 0.3 is 5.97 Å². The molecule has 6 heteroatoms. The zero-order valence-electron chi connectivity index (χ0n) is 11.9. The highest BCUT2D eigenvalue weighted by Gasteiger charge is 2.31. The fourth-order valence-corrected chi connectivity index (χ4v) is 3.89. The first-order valence-corrected chi connectivity index (χ1v) is 8.90. The third kappa shape index (κ3) is 7.76. The van der Waals surface area contributed by atoms with Gasteiger partial charge in [0.15, 0.2) is 0 Å². The summed E-state index contributed by atoms with van der Waals surface area (Å²) in [6, 6.07) is 0. The number of rotatable bonds is 9. The summed E-state index contributed by atoms with van der Waals surface area (Å²) in [7, 11) is -2.41. The molecule has 0 aliphatic rings. The first kappa shape index (κ1) is 18.7. The van der Waals surface area contributed by atoms with Crippen LogP contribution >= 0.6 is 19.0 Å². The molecule has 1 atom stereocenters. The maximum Gasteiger partial charge on any atom is 0.343 e. The van der Waals surface area contributed by atoms with Crippen molar-refractivity contribution in [2.75, 3.05) is 19.2 Å². The number of alkyl halides is 1. The molecule has 0 saturated carbocycles. The standard InChI is InChI=1S/C13H24ClO4P/c1-11(2)10-19(16,17)12(13(15)18-3)8-6-4-5-7-9-14/h8,11H,4-7,9-10H2,1-3H3,(H,16,17). The summed E-state index contributed by atoms with van der Waals surface area (Å²) in [5.41, 5.74) is 0. The van der Waals surface area contributed by atoms with Crippen LogP contribution in [0.5, 0.6) is 0 Å². The maximum atomic E-state index is 12.2. The molecule has 0 radical (unpaired) electrons. The van der Waals surface area contributed by atoms with E-state index < -0.39 is 13.3 Å². The lowest BCUT2D eigenvalue weighted by molar-refractivity contribution is -0.135. The number of carbonyl (C=O) groups excluding carboxylic acids is 1. The van der Waals surface area contributed by atoms with Gasteiger partial charge < -0.3 is 9.63 Å². The molecule has 19 heavy (non-hydrogen) atoms. The number of methoxy groups -OCH3 is 1. The Bertz CT molecular complexity index is 353. The molecule has 1 unspecified atom stereocenters. The van der Waals surface area contributed by atoms with Crippen LogP contribution in [0.25, 0.3) is 0 Å². The molecule has 0 saturated heterocycles. The largest absolute Gasteiger partial charge is 0.465 e. The van der Waals surface area contributed by atoms with E-state index in [2.05, 4.69) is 4.74 Å². The van der Waals surface area contributed by atoms with Crippen molar-refractivity contribution in [2.45, 2.75) is 39.5 Å². The van der Waals surface area contributed by atoms with Gasteiger partial charge in [-0.25, -0.2) is 4.79 Å². The van der Waals surface area contributed by atoms with Gasteiger partial charge in [0.2, 0.25) is 7.37 Å². The van der Waals surface area contributed by atoms with E-state index in [1.807, 2.05) is 13.8 Å². The maximum absolute atomic E-state index is 12.2. The van der Waals surface area contributed by atoms with Crippen molar-refractivity contribution in [1.82, 2.24) is 0 Å². The minimum absolute atomic E-state index is 0.0418. The number of esters is 1. The van der Waals surface area contributed by atoms with E-state index in [-0.39, 0.29) is 17.4 Å². The molecule has 1 N–H and O–H groups in total. The van der Waals surface area contributed by atoms with E-state index in [1.54, 1.807) is 6.08 Å². The number of unbranched alkanes of at least 4 members (excludes halogenated alkanes) is 3. The van der Waals surface area contributed by atoms with Gasteiger partial charge in [-0.3, -0.25) is 4.57 Å². The van der Waals surface area contributed by atoms with Crippen LogP contribution in [0.4, 0.5) is 0 Å². The molecule has 4 nitrogen and oxygen atoms in total. The molecule has 0 amide bonds. The average molecular weight is 311 g/mol. The van der Waals surface area contributed by atoms with E-state index in [1.165, 1.54) is 7.11 Å². The number of hydrogen-bond donors (Lipinski definition) is 1. The van der Waals surface area contributed by atoms with Gasteiger partial charge in [0.05, 0.1) is 7.11 Å². The van der Waals surface area contributed by atoms with Crippen LogP contribution in [0, 0.1) is 5.92 Å². The van der Waals surface area contributed by atoms with Crippen molar-refractivity contribution in [3.05, 3.63) is 11.4 Å². The first-order chi connectivity index (χ1) is 8.85. The summed E-state index contributed by atoms with van der Waals surface area (Å²) >= 11 is 5.57. The molecule has 0 fully saturated rings. The van der Waals surface area contributed by atoms with Gasteiger partial charge in [0.25, 0.3) is 0 Å². The Morgan fingerprint density at radius 3 is 2.47 bits per heavy atom. The lowest BCUT2D eigenvalue weighted by Gasteiger charge is -2.16. The van der Waals surface area contributed by atoms with Crippen molar-refractivity contribution in [2.24, 2.45) is 5.92 Å². The molecule has 0 aromatic carbocycles. The highest BCUT2D eigenvalue weighted by atomic mass is 35.5. The number of ether oxygens (including phenoxy) is 1. The summed E-state index contributed by atoms with van der Waals surface area (Å²) in [6.45, 7) is 3.69. The summed E-state index contributed by atoms with van der Waals surface area (Å²) < 4.78 is 16.8. The third-order valence-electron chi connectivity index (χ3n) is 2.56. The lowest BCUT2D eigenvalue weighted by atomic mass is 10.2.